The lowest BCUT2D eigenvalue weighted by Gasteiger charge is -2.26. The molecular weight excluding hydrogens is 336 g/mol. The van der Waals surface area contributed by atoms with Crippen LogP contribution in [0.15, 0.2) is 54.6 Å². The smallest absolute Gasteiger partial charge is 0.263 e. The number of amides is 1. The molecule has 1 fully saturated rings. The minimum Gasteiger partial charge on any atom is -0.481 e. The number of rotatable bonds is 5. The lowest BCUT2D eigenvalue weighted by Crippen LogP contribution is -2.45. The summed E-state index contributed by atoms with van der Waals surface area (Å²) in [6.07, 6.45) is 1.51. The molecule has 4 nitrogen and oxygen atoms in total. The van der Waals surface area contributed by atoms with E-state index in [0.29, 0.717) is 12.3 Å². The van der Waals surface area contributed by atoms with Gasteiger partial charge in [0.15, 0.2) is 6.10 Å². The second-order valence-corrected chi connectivity index (χ2v) is 6.21. The molecule has 1 aliphatic heterocycles. The number of hydrogen-bond donors (Lipinski definition) is 1. The van der Waals surface area contributed by atoms with Gasteiger partial charge in [-0.2, -0.15) is 0 Å². The molecule has 0 saturated carbocycles. The predicted molar refractivity (Wildman–Crippen MR) is 103 cm³/mol. The molecule has 0 aliphatic carbocycles. The van der Waals surface area contributed by atoms with E-state index >= 15 is 0 Å². The van der Waals surface area contributed by atoms with Gasteiger partial charge in [0.05, 0.1) is 0 Å². The fraction of sp³-hybridized carbons (Fsp3) is 0.350. The molecule has 0 radical (unpaired) electrons. The molecule has 1 heterocycles. The van der Waals surface area contributed by atoms with Crippen LogP contribution < -0.4 is 10.5 Å². The maximum atomic E-state index is 12.6. The third-order valence-corrected chi connectivity index (χ3v) is 4.55. The molecule has 25 heavy (non-hydrogen) atoms. The van der Waals surface area contributed by atoms with Gasteiger partial charge >= 0.3 is 0 Å². The Kier molecular flexibility index (Phi) is 6.85. The lowest BCUT2D eigenvalue weighted by atomic mass is 10.1. The van der Waals surface area contributed by atoms with Crippen molar-refractivity contribution in [2.75, 3.05) is 13.1 Å². The highest BCUT2D eigenvalue weighted by Gasteiger charge is 2.31. The van der Waals surface area contributed by atoms with Crippen molar-refractivity contribution < 1.29 is 9.53 Å². The van der Waals surface area contributed by atoms with Crippen LogP contribution in [0.2, 0.25) is 0 Å². The van der Waals surface area contributed by atoms with Gasteiger partial charge in [-0.3, -0.25) is 4.79 Å². The summed E-state index contributed by atoms with van der Waals surface area (Å²) in [7, 11) is 0. The number of halogens is 1. The Morgan fingerprint density at radius 2 is 1.80 bits per heavy atom. The summed E-state index contributed by atoms with van der Waals surface area (Å²) in [5, 5.41) is 0. The monoisotopic (exact) mass is 360 g/mol. The van der Waals surface area contributed by atoms with Gasteiger partial charge in [0.2, 0.25) is 0 Å². The van der Waals surface area contributed by atoms with Crippen molar-refractivity contribution in [2.45, 2.75) is 31.9 Å². The summed E-state index contributed by atoms with van der Waals surface area (Å²) >= 11 is 0. The molecule has 134 valence electrons. The first-order valence-electron chi connectivity index (χ1n) is 8.51. The highest BCUT2D eigenvalue weighted by atomic mass is 35.5. The van der Waals surface area contributed by atoms with E-state index in [-0.39, 0.29) is 24.4 Å². The van der Waals surface area contributed by atoms with Crippen LogP contribution in [0.1, 0.15) is 19.8 Å². The molecule has 2 N–H and O–H groups in total. The SMILES string of the molecule is CC(Oc1ccc(-c2ccccc2)cc1)C(=O)N1CCCC1CN.Cl. The minimum absolute atomic E-state index is 0. The molecule has 2 atom stereocenters. The van der Waals surface area contributed by atoms with Crippen molar-refractivity contribution in [3.8, 4) is 16.9 Å². The Morgan fingerprint density at radius 3 is 2.44 bits per heavy atom. The van der Waals surface area contributed by atoms with Gasteiger partial charge in [0.1, 0.15) is 5.75 Å². The van der Waals surface area contributed by atoms with Crippen LogP contribution in [0.25, 0.3) is 11.1 Å². The molecule has 5 heteroatoms. The molecule has 0 spiro atoms. The quantitative estimate of drug-likeness (QED) is 0.887. The molecule has 3 rings (SSSR count). The largest absolute Gasteiger partial charge is 0.481 e. The molecule has 0 bridgehead atoms. The average molecular weight is 361 g/mol. The van der Waals surface area contributed by atoms with E-state index in [4.69, 9.17) is 10.5 Å². The maximum Gasteiger partial charge on any atom is 0.263 e. The van der Waals surface area contributed by atoms with Gasteiger partial charge in [0, 0.05) is 19.1 Å². The van der Waals surface area contributed by atoms with Crippen LogP contribution in [-0.2, 0) is 4.79 Å². The van der Waals surface area contributed by atoms with Crippen LogP contribution >= 0.6 is 12.4 Å². The molecule has 2 aromatic carbocycles. The van der Waals surface area contributed by atoms with Gasteiger partial charge in [-0.25, -0.2) is 0 Å². The van der Waals surface area contributed by atoms with E-state index < -0.39 is 6.10 Å². The van der Waals surface area contributed by atoms with Gasteiger partial charge < -0.3 is 15.4 Å². The number of nitrogens with two attached hydrogens (primary N) is 1. The summed E-state index contributed by atoms with van der Waals surface area (Å²) in [6.45, 7) is 3.10. The average Bonchev–Trinajstić information content (AvgIpc) is 3.11. The van der Waals surface area contributed by atoms with Gasteiger partial charge in [0.25, 0.3) is 5.91 Å². The summed E-state index contributed by atoms with van der Waals surface area (Å²) in [6, 6.07) is 18.2. The molecule has 1 saturated heterocycles. The fourth-order valence-electron chi connectivity index (χ4n) is 3.22. The van der Waals surface area contributed by atoms with Crippen LogP contribution in [-0.4, -0.2) is 36.0 Å². The van der Waals surface area contributed by atoms with E-state index in [0.717, 1.165) is 30.5 Å². The van der Waals surface area contributed by atoms with E-state index in [1.807, 2.05) is 47.4 Å². The fourth-order valence-corrected chi connectivity index (χ4v) is 3.22. The second kappa shape index (κ2) is 8.88. The number of benzene rings is 2. The summed E-state index contributed by atoms with van der Waals surface area (Å²) in [5.74, 6) is 0.731. The summed E-state index contributed by atoms with van der Waals surface area (Å²) < 4.78 is 5.84. The van der Waals surface area contributed by atoms with E-state index in [2.05, 4.69) is 12.1 Å². The number of ether oxygens (including phenoxy) is 1. The standard InChI is InChI=1S/C20H24N2O2.ClH/c1-15(20(23)22-13-5-8-18(22)14-21)24-19-11-9-17(10-12-19)16-6-3-2-4-7-16;/h2-4,6-7,9-12,15,18H,5,8,13-14,21H2,1H3;1H. The second-order valence-electron chi connectivity index (χ2n) is 6.21. The number of hydrogen-bond acceptors (Lipinski definition) is 3. The van der Waals surface area contributed by atoms with Crippen molar-refractivity contribution >= 4 is 18.3 Å². The van der Waals surface area contributed by atoms with Crippen LogP contribution in [0.5, 0.6) is 5.75 Å². The zero-order valence-corrected chi connectivity index (χ0v) is 15.2. The topological polar surface area (TPSA) is 55.6 Å². The van der Waals surface area contributed by atoms with Crippen molar-refractivity contribution in [1.29, 1.82) is 0 Å². The molecule has 1 aliphatic rings. The Bertz CT molecular complexity index is 676. The Morgan fingerprint density at radius 1 is 1.16 bits per heavy atom. The van der Waals surface area contributed by atoms with Crippen LogP contribution in [0, 0.1) is 0 Å². The van der Waals surface area contributed by atoms with Crippen molar-refractivity contribution in [1.82, 2.24) is 4.90 Å². The molecular formula is C20H25ClN2O2. The number of carbonyl (C=O) groups is 1. The van der Waals surface area contributed by atoms with Crippen LogP contribution in [0.4, 0.5) is 0 Å². The van der Waals surface area contributed by atoms with E-state index in [9.17, 15) is 4.79 Å². The third-order valence-electron chi connectivity index (χ3n) is 4.55. The summed E-state index contributed by atoms with van der Waals surface area (Å²) in [5.41, 5.74) is 8.04. The minimum atomic E-state index is -0.500. The van der Waals surface area contributed by atoms with Gasteiger partial charge in [-0.05, 0) is 43.0 Å². The number of nitrogens with zero attached hydrogens (tertiary/aromatic N) is 1. The first-order chi connectivity index (χ1) is 11.7. The highest BCUT2D eigenvalue weighted by molar-refractivity contribution is 5.85. The molecule has 0 aromatic heterocycles. The molecule has 2 unspecified atom stereocenters. The molecule has 1 amide bonds. The zero-order chi connectivity index (χ0) is 16.9. The first-order valence-corrected chi connectivity index (χ1v) is 8.51. The van der Waals surface area contributed by atoms with Crippen molar-refractivity contribution in [3.63, 3.8) is 0 Å². The van der Waals surface area contributed by atoms with Crippen molar-refractivity contribution in [3.05, 3.63) is 54.6 Å². The van der Waals surface area contributed by atoms with Gasteiger partial charge in [-0.1, -0.05) is 42.5 Å². The predicted octanol–water partition coefficient (Wildman–Crippen LogP) is 3.49. The Labute approximate surface area is 155 Å². The zero-order valence-electron chi connectivity index (χ0n) is 14.4. The van der Waals surface area contributed by atoms with Crippen LogP contribution in [0.3, 0.4) is 0 Å². The Hall–Kier alpha value is -2.04. The summed E-state index contributed by atoms with van der Waals surface area (Å²) in [4.78, 5) is 14.4. The van der Waals surface area contributed by atoms with Gasteiger partial charge in [-0.15, -0.1) is 12.4 Å². The third kappa shape index (κ3) is 4.53. The first kappa shape index (κ1) is 19.3. The molecule has 2 aromatic rings. The Balaban J connectivity index is 0.00000225. The number of carbonyl (C=O) groups excluding carboxylic acids is 1. The van der Waals surface area contributed by atoms with E-state index in [1.54, 1.807) is 6.92 Å². The van der Waals surface area contributed by atoms with Crippen molar-refractivity contribution in [2.24, 2.45) is 5.73 Å². The lowest BCUT2D eigenvalue weighted by molar-refractivity contribution is -0.138. The van der Waals surface area contributed by atoms with E-state index in [1.165, 1.54) is 0 Å². The highest BCUT2D eigenvalue weighted by Crippen LogP contribution is 2.24. The number of likely N-dealkylation sites (tertiary alicyclic amines) is 1. The maximum absolute atomic E-state index is 12.6. The normalized spacial score (nSPS) is 17.7.